The zero-order valence-electron chi connectivity index (χ0n) is 13.1. The van der Waals surface area contributed by atoms with E-state index in [9.17, 15) is 4.39 Å². The van der Waals surface area contributed by atoms with Gasteiger partial charge >= 0.3 is 0 Å². The number of nitrogens with zero attached hydrogens (tertiary/aromatic N) is 3. The third kappa shape index (κ3) is 2.69. The van der Waals surface area contributed by atoms with E-state index in [2.05, 4.69) is 32.2 Å². The van der Waals surface area contributed by atoms with E-state index < -0.39 is 0 Å². The highest BCUT2D eigenvalue weighted by Gasteiger charge is 2.21. The Balaban J connectivity index is 1.86. The van der Waals surface area contributed by atoms with Crippen LogP contribution in [0.5, 0.6) is 0 Å². The summed E-state index contributed by atoms with van der Waals surface area (Å²) in [6.45, 7) is 1.77. The summed E-state index contributed by atoms with van der Waals surface area (Å²) in [7, 11) is 0. The summed E-state index contributed by atoms with van der Waals surface area (Å²) in [5.41, 5.74) is 3.88. The molecule has 2 aromatic heterocycles. The van der Waals surface area contributed by atoms with Crippen LogP contribution < -0.4 is 4.90 Å². The molecule has 0 aliphatic carbocycles. The average molecular weight is 320 g/mol. The van der Waals surface area contributed by atoms with E-state index in [-0.39, 0.29) is 5.82 Å². The van der Waals surface area contributed by atoms with Gasteiger partial charge in [-0.3, -0.25) is 10.1 Å². The third-order valence-corrected chi connectivity index (χ3v) is 4.21. The molecular formula is C19H17FN4. The fourth-order valence-electron chi connectivity index (χ4n) is 3.01. The van der Waals surface area contributed by atoms with Gasteiger partial charge < -0.3 is 4.90 Å². The molecule has 120 valence electrons. The maximum atomic E-state index is 13.3. The molecule has 0 bridgehead atoms. The Morgan fingerprint density at radius 3 is 2.46 bits per heavy atom. The van der Waals surface area contributed by atoms with Gasteiger partial charge in [-0.15, -0.1) is 0 Å². The van der Waals surface area contributed by atoms with Crippen molar-refractivity contribution in [2.45, 2.75) is 6.42 Å². The highest BCUT2D eigenvalue weighted by molar-refractivity contribution is 5.89. The van der Waals surface area contributed by atoms with E-state index in [1.165, 1.54) is 12.1 Å². The first-order valence-corrected chi connectivity index (χ1v) is 7.97. The molecule has 1 aromatic carbocycles. The Hall–Kier alpha value is -2.95. The number of aromatic nitrogens is 3. The summed E-state index contributed by atoms with van der Waals surface area (Å²) in [5.74, 6) is 0.676. The number of hydrogen-bond acceptors (Lipinski definition) is 3. The lowest BCUT2D eigenvalue weighted by atomic mass is 10.0. The predicted octanol–water partition coefficient (Wildman–Crippen LogP) is 4.04. The number of nitrogens with one attached hydrogen (secondary N) is 1. The van der Waals surface area contributed by atoms with Crippen molar-refractivity contribution < 1.29 is 4.39 Å². The van der Waals surface area contributed by atoms with Crippen LogP contribution in [0.3, 0.4) is 0 Å². The lowest BCUT2D eigenvalue weighted by Crippen LogP contribution is -2.27. The van der Waals surface area contributed by atoms with Crippen molar-refractivity contribution in [2.75, 3.05) is 18.0 Å². The van der Waals surface area contributed by atoms with E-state index in [1.807, 2.05) is 12.1 Å². The molecule has 3 heterocycles. The lowest BCUT2D eigenvalue weighted by Gasteiger charge is -2.24. The number of anilines is 1. The second-order valence-electron chi connectivity index (χ2n) is 5.75. The van der Waals surface area contributed by atoms with Crippen LogP contribution in [0.25, 0.3) is 22.4 Å². The zero-order valence-corrected chi connectivity index (χ0v) is 13.1. The van der Waals surface area contributed by atoms with Crippen LogP contribution >= 0.6 is 0 Å². The molecule has 3 aromatic rings. The van der Waals surface area contributed by atoms with Gasteiger partial charge in [-0.25, -0.2) is 4.39 Å². The minimum absolute atomic E-state index is 0.245. The van der Waals surface area contributed by atoms with Crippen molar-refractivity contribution in [1.82, 2.24) is 15.2 Å². The molecule has 0 atom stereocenters. The van der Waals surface area contributed by atoms with Crippen molar-refractivity contribution in [3.8, 4) is 22.4 Å². The van der Waals surface area contributed by atoms with E-state index in [0.717, 1.165) is 47.7 Å². The molecule has 0 saturated heterocycles. The Kier molecular flexibility index (Phi) is 3.83. The van der Waals surface area contributed by atoms with Gasteiger partial charge in [-0.05, 0) is 48.4 Å². The molecule has 0 unspecified atom stereocenters. The predicted molar refractivity (Wildman–Crippen MR) is 93.2 cm³/mol. The number of benzene rings is 1. The molecule has 0 spiro atoms. The first-order chi connectivity index (χ1) is 11.8. The Morgan fingerprint density at radius 2 is 1.75 bits per heavy atom. The number of hydrogen-bond donors (Lipinski definition) is 1. The van der Waals surface area contributed by atoms with Gasteiger partial charge in [0, 0.05) is 31.0 Å². The third-order valence-electron chi connectivity index (χ3n) is 4.21. The van der Waals surface area contributed by atoms with Crippen molar-refractivity contribution in [3.05, 3.63) is 66.8 Å². The summed E-state index contributed by atoms with van der Waals surface area (Å²) in [5, 5.41) is 7.72. The Labute approximate surface area is 139 Å². The number of rotatable bonds is 3. The van der Waals surface area contributed by atoms with Gasteiger partial charge in [-0.1, -0.05) is 12.2 Å². The maximum absolute atomic E-state index is 13.3. The average Bonchev–Trinajstić information content (AvgIpc) is 3.09. The molecule has 0 radical (unpaired) electrons. The van der Waals surface area contributed by atoms with Crippen LogP contribution in [0.15, 0.2) is 60.9 Å². The van der Waals surface area contributed by atoms with Crippen LogP contribution in [-0.4, -0.2) is 28.3 Å². The topological polar surface area (TPSA) is 44.8 Å². The minimum atomic E-state index is -0.245. The molecule has 24 heavy (non-hydrogen) atoms. The smallest absolute Gasteiger partial charge is 0.159 e. The van der Waals surface area contributed by atoms with E-state index in [0.29, 0.717) is 0 Å². The molecule has 4 nitrogen and oxygen atoms in total. The summed E-state index contributed by atoms with van der Waals surface area (Å²) in [6, 6.07) is 10.4. The second kappa shape index (κ2) is 6.28. The first-order valence-electron chi connectivity index (χ1n) is 7.97. The summed E-state index contributed by atoms with van der Waals surface area (Å²) >= 11 is 0. The van der Waals surface area contributed by atoms with Crippen LogP contribution in [-0.2, 0) is 0 Å². The van der Waals surface area contributed by atoms with Crippen molar-refractivity contribution in [1.29, 1.82) is 0 Å². The molecule has 1 N–H and O–H groups in total. The van der Waals surface area contributed by atoms with Crippen LogP contribution in [0.4, 0.5) is 10.2 Å². The lowest BCUT2D eigenvalue weighted by molar-refractivity contribution is 0.628. The Morgan fingerprint density at radius 1 is 0.958 bits per heavy atom. The van der Waals surface area contributed by atoms with Crippen molar-refractivity contribution in [3.63, 3.8) is 0 Å². The van der Waals surface area contributed by atoms with Gasteiger partial charge in [0.2, 0.25) is 0 Å². The fraction of sp³-hybridized carbons (Fsp3) is 0.158. The molecule has 0 saturated carbocycles. The van der Waals surface area contributed by atoms with Gasteiger partial charge in [0.1, 0.15) is 5.82 Å². The van der Waals surface area contributed by atoms with E-state index >= 15 is 0 Å². The molecule has 0 fully saturated rings. The highest BCUT2D eigenvalue weighted by atomic mass is 19.1. The monoisotopic (exact) mass is 320 g/mol. The van der Waals surface area contributed by atoms with Gasteiger partial charge in [0.15, 0.2) is 5.82 Å². The van der Waals surface area contributed by atoms with Crippen molar-refractivity contribution >= 4 is 5.82 Å². The number of halogens is 1. The van der Waals surface area contributed by atoms with E-state index in [1.54, 1.807) is 24.5 Å². The molecule has 0 amide bonds. The molecule has 1 aliphatic rings. The summed E-state index contributed by atoms with van der Waals surface area (Å²) in [4.78, 5) is 6.36. The van der Waals surface area contributed by atoms with Gasteiger partial charge in [-0.2, -0.15) is 5.10 Å². The largest absolute Gasteiger partial charge is 0.351 e. The second-order valence-corrected chi connectivity index (χ2v) is 5.75. The summed E-state index contributed by atoms with van der Waals surface area (Å²) < 4.78 is 13.3. The normalized spacial score (nSPS) is 14.1. The number of aromatic amines is 1. The maximum Gasteiger partial charge on any atom is 0.159 e. The molecular weight excluding hydrogens is 303 g/mol. The minimum Gasteiger partial charge on any atom is -0.351 e. The van der Waals surface area contributed by atoms with Gasteiger partial charge in [0.05, 0.1) is 11.3 Å². The van der Waals surface area contributed by atoms with Gasteiger partial charge in [0.25, 0.3) is 0 Å². The molecule has 5 heteroatoms. The summed E-state index contributed by atoms with van der Waals surface area (Å²) in [6.07, 6.45) is 8.91. The van der Waals surface area contributed by atoms with E-state index in [4.69, 9.17) is 0 Å². The van der Waals surface area contributed by atoms with Crippen LogP contribution in [0, 0.1) is 5.82 Å². The van der Waals surface area contributed by atoms with Crippen LogP contribution in [0.1, 0.15) is 6.42 Å². The number of pyridine rings is 1. The van der Waals surface area contributed by atoms with Crippen LogP contribution in [0.2, 0.25) is 0 Å². The highest BCUT2D eigenvalue weighted by Crippen LogP contribution is 2.38. The number of H-pyrrole nitrogens is 1. The Bertz CT molecular complexity index is 853. The zero-order chi connectivity index (χ0) is 16.4. The standard InChI is InChI=1S/C19H17FN4/c20-16-6-4-15(5-7-16)18-17(14-8-10-21-11-9-14)19(23-22-18)24-12-2-1-3-13-24/h1-2,4-11H,3,12-13H2,(H,22,23). The molecule has 1 aliphatic heterocycles. The SMILES string of the molecule is Fc1ccc(-c2[nH]nc(N3CC=CCC3)c2-c2ccncc2)cc1. The molecule has 4 rings (SSSR count). The first kappa shape index (κ1) is 14.6. The fourth-order valence-corrected chi connectivity index (χ4v) is 3.01. The van der Waals surface area contributed by atoms with Crippen molar-refractivity contribution in [2.24, 2.45) is 0 Å². The quantitative estimate of drug-likeness (QED) is 0.741.